The Hall–Kier alpha value is -1.85. The van der Waals surface area contributed by atoms with E-state index in [4.69, 9.17) is 5.11 Å². The molecule has 0 atom stereocenters. The number of rotatable bonds is 16. The summed E-state index contributed by atoms with van der Waals surface area (Å²) in [5.41, 5.74) is 0. The molecule has 0 aromatic heterocycles. The van der Waals surface area contributed by atoms with Gasteiger partial charge in [-0.15, -0.1) is 0 Å². The molecule has 2 heteroatoms. The summed E-state index contributed by atoms with van der Waals surface area (Å²) in [5.74, 6) is 6.50. The highest BCUT2D eigenvalue weighted by Gasteiger charge is 2.00. The summed E-state index contributed by atoms with van der Waals surface area (Å²) in [7, 11) is 0. The molecule has 1 N–H and O–H groups in total. The first-order valence-corrected chi connectivity index (χ1v) is 10.6. The molecule has 0 saturated heterocycles. The van der Waals surface area contributed by atoms with E-state index in [1.165, 1.54) is 19.3 Å². The van der Waals surface area contributed by atoms with Crippen LogP contribution in [0, 0.1) is 11.8 Å². The molecule has 0 aromatic carbocycles. The average molecular weight is 371 g/mol. The fourth-order valence-corrected chi connectivity index (χ4v) is 2.41. The Labute approximate surface area is 167 Å². The highest BCUT2D eigenvalue weighted by atomic mass is 16.3. The van der Waals surface area contributed by atoms with Crippen molar-refractivity contribution in [3.8, 4) is 11.8 Å². The van der Waals surface area contributed by atoms with Crippen molar-refractivity contribution in [2.75, 3.05) is 6.61 Å². The zero-order chi connectivity index (χ0) is 19.8. The Balaban J connectivity index is 3.52. The van der Waals surface area contributed by atoms with Gasteiger partial charge in [0.2, 0.25) is 0 Å². The van der Waals surface area contributed by atoms with Gasteiger partial charge in [0.1, 0.15) is 5.78 Å². The number of aliphatic hydroxyl groups excluding tert-OH is 1. The van der Waals surface area contributed by atoms with Crippen molar-refractivity contribution in [3.05, 3.63) is 48.6 Å². The average Bonchev–Trinajstić information content (AvgIpc) is 2.68. The maximum absolute atomic E-state index is 11.4. The summed E-state index contributed by atoms with van der Waals surface area (Å²) in [6.45, 7) is 2.32. The fourth-order valence-electron chi connectivity index (χ4n) is 2.41. The number of hydrogen-bond acceptors (Lipinski definition) is 2. The summed E-state index contributed by atoms with van der Waals surface area (Å²) < 4.78 is 0. The van der Waals surface area contributed by atoms with Gasteiger partial charge in [-0.2, -0.15) is 0 Å². The molecule has 27 heavy (non-hydrogen) atoms. The number of allylic oxidation sites excluding steroid dienone is 8. The van der Waals surface area contributed by atoms with Gasteiger partial charge in [0.05, 0.1) is 0 Å². The van der Waals surface area contributed by atoms with E-state index in [9.17, 15) is 4.79 Å². The van der Waals surface area contributed by atoms with Crippen molar-refractivity contribution >= 4 is 5.78 Å². The monoisotopic (exact) mass is 370 g/mol. The van der Waals surface area contributed by atoms with Gasteiger partial charge < -0.3 is 5.11 Å². The quantitative estimate of drug-likeness (QED) is 0.192. The molecule has 0 amide bonds. The smallest absolute Gasteiger partial charge is 0.132 e. The van der Waals surface area contributed by atoms with Crippen LogP contribution >= 0.6 is 0 Å². The highest BCUT2D eigenvalue weighted by Crippen LogP contribution is 2.07. The van der Waals surface area contributed by atoms with E-state index in [-0.39, 0.29) is 12.4 Å². The molecule has 0 unspecified atom stereocenters. The summed E-state index contributed by atoms with van der Waals surface area (Å²) >= 11 is 0. The number of carbonyl (C=O) groups excluding carboxylic acids is 1. The minimum absolute atomic E-state index is 0.114. The normalized spacial score (nSPS) is 11.8. The van der Waals surface area contributed by atoms with Crippen LogP contribution < -0.4 is 0 Å². The second-order valence-corrected chi connectivity index (χ2v) is 6.62. The van der Waals surface area contributed by atoms with E-state index < -0.39 is 0 Å². The summed E-state index contributed by atoms with van der Waals surface area (Å²) in [4.78, 5) is 11.4. The predicted octanol–water partition coefficient (Wildman–Crippen LogP) is 6.48. The number of hydrogen-bond donors (Lipinski definition) is 1. The van der Waals surface area contributed by atoms with Crippen molar-refractivity contribution in [3.63, 3.8) is 0 Å². The van der Waals surface area contributed by atoms with Crippen molar-refractivity contribution in [2.45, 2.75) is 84.0 Å². The van der Waals surface area contributed by atoms with Crippen LogP contribution in [0.1, 0.15) is 84.0 Å². The number of unbranched alkanes of at least 4 members (excludes halogenated alkanes) is 6. The number of aliphatic hydroxyl groups is 1. The third kappa shape index (κ3) is 22.1. The van der Waals surface area contributed by atoms with Crippen LogP contribution in [0.2, 0.25) is 0 Å². The maximum atomic E-state index is 11.4. The molecule has 0 bridgehead atoms. The summed E-state index contributed by atoms with van der Waals surface area (Å²) in [6.07, 6.45) is 28.2. The van der Waals surface area contributed by atoms with Crippen LogP contribution in [-0.2, 0) is 4.79 Å². The van der Waals surface area contributed by atoms with Gasteiger partial charge in [-0.25, -0.2) is 0 Å². The third-order valence-corrected chi connectivity index (χ3v) is 4.03. The molecule has 2 nitrogen and oxygen atoms in total. The second-order valence-electron chi connectivity index (χ2n) is 6.62. The predicted molar refractivity (Wildman–Crippen MR) is 118 cm³/mol. The molecular formula is C25H38O2. The molecule has 0 saturated carbocycles. The van der Waals surface area contributed by atoms with Gasteiger partial charge >= 0.3 is 0 Å². The Morgan fingerprint density at radius 3 is 2.33 bits per heavy atom. The van der Waals surface area contributed by atoms with Crippen molar-refractivity contribution in [2.24, 2.45) is 0 Å². The van der Waals surface area contributed by atoms with Gasteiger partial charge in [0, 0.05) is 25.9 Å². The molecule has 0 radical (unpaired) electrons. The molecule has 0 fully saturated rings. The topological polar surface area (TPSA) is 37.3 Å². The minimum Gasteiger partial charge on any atom is -0.396 e. The Morgan fingerprint density at radius 1 is 0.852 bits per heavy atom. The zero-order valence-electron chi connectivity index (χ0n) is 17.2. The fraction of sp³-hybridized carbons (Fsp3) is 0.560. The van der Waals surface area contributed by atoms with E-state index in [0.29, 0.717) is 19.3 Å². The molecule has 0 aliphatic carbocycles. The van der Waals surface area contributed by atoms with Gasteiger partial charge in [-0.1, -0.05) is 87.0 Å². The molecule has 150 valence electrons. The number of Topliss-reactive ketones (excluding diaryl/α,β-unsaturated/α-hetero) is 1. The Kier molecular flexibility index (Phi) is 20.7. The first-order chi connectivity index (χ1) is 13.3. The van der Waals surface area contributed by atoms with Crippen molar-refractivity contribution in [1.82, 2.24) is 0 Å². The van der Waals surface area contributed by atoms with Crippen molar-refractivity contribution < 1.29 is 9.90 Å². The highest BCUT2D eigenvalue weighted by molar-refractivity contribution is 5.78. The van der Waals surface area contributed by atoms with Crippen LogP contribution in [0.3, 0.4) is 0 Å². The van der Waals surface area contributed by atoms with Gasteiger partial charge in [-0.05, 0) is 38.2 Å². The molecule has 0 rings (SSSR count). The standard InChI is InChI=1S/C25H38O2/c1-2-3-4-5-6-7-8-9-10-11-12-13-14-15-16-17-18-19-20-22-25(27)23-21-24-26/h5-8,10-13,26H,2-4,9,16-24H2,1H3. The maximum Gasteiger partial charge on any atom is 0.132 e. The minimum atomic E-state index is 0.114. The lowest BCUT2D eigenvalue weighted by molar-refractivity contribution is -0.119. The molecule has 0 aromatic rings. The zero-order valence-corrected chi connectivity index (χ0v) is 17.2. The van der Waals surface area contributed by atoms with Gasteiger partial charge in [0.15, 0.2) is 0 Å². The first kappa shape index (κ1) is 25.1. The Bertz CT molecular complexity index is 512. The number of ketones is 1. The summed E-state index contributed by atoms with van der Waals surface area (Å²) in [5, 5.41) is 8.67. The van der Waals surface area contributed by atoms with Crippen LogP contribution in [0.15, 0.2) is 48.6 Å². The van der Waals surface area contributed by atoms with Gasteiger partial charge in [0.25, 0.3) is 0 Å². The molecule has 0 heterocycles. The summed E-state index contributed by atoms with van der Waals surface area (Å²) in [6, 6.07) is 0. The largest absolute Gasteiger partial charge is 0.396 e. The molecule has 0 spiro atoms. The third-order valence-electron chi connectivity index (χ3n) is 4.03. The lowest BCUT2D eigenvalue weighted by Crippen LogP contribution is -1.98. The molecular weight excluding hydrogens is 332 g/mol. The van der Waals surface area contributed by atoms with E-state index >= 15 is 0 Å². The van der Waals surface area contributed by atoms with E-state index in [1.54, 1.807) is 0 Å². The van der Waals surface area contributed by atoms with Crippen LogP contribution in [0.25, 0.3) is 0 Å². The Morgan fingerprint density at radius 2 is 1.56 bits per heavy atom. The number of carbonyl (C=O) groups is 1. The van der Waals surface area contributed by atoms with Crippen LogP contribution in [-0.4, -0.2) is 17.5 Å². The van der Waals surface area contributed by atoms with Crippen molar-refractivity contribution in [1.29, 1.82) is 0 Å². The SMILES string of the molecule is CCCCC=CC=CCC=CC=CC#CCCCCCCC(=O)CCCO. The van der Waals surface area contributed by atoms with E-state index in [1.807, 2.05) is 18.2 Å². The molecule has 0 aliphatic rings. The van der Waals surface area contributed by atoms with Gasteiger partial charge in [-0.3, -0.25) is 4.79 Å². The first-order valence-electron chi connectivity index (χ1n) is 10.6. The lowest BCUT2D eigenvalue weighted by Gasteiger charge is -1.99. The molecule has 0 aliphatic heterocycles. The van der Waals surface area contributed by atoms with E-state index in [0.717, 1.165) is 38.5 Å². The lowest BCUT2D eigenvalue weighted by atomic mass is 10.1. The van der Waals surface area contributed by atoms with Crippen LogP contribution in [0.5, 0.6) is 0 Å². The van der Waals surface area contributed by atoms with Crippen LogP contribution in [0.4, 0.5) is 0 Å². The van der Waals surface area contributed by atoms with E-state index in [2.05, 4.69) is 49.1 Å². The second kappa shape index (κ2) is 22.2.